The minimum atomic E-state index is -0.0989. The number of nitrogens with one attached hydrogen (secondary N) is 1. The minimum Gasteiger partial charge on any atom is -0.398 e. The van der Waals surface area contributed by atoms with Gasteiger partial charge in [0.2, 0.25) is 0 Å². The molecule has 0 atom stereocenters. The third-order valence-electron chi connectivity index (χ3n) is 2.71. The number of hydrogen-bond acceptors (Lipinski definition) is 3. The molecule has 3 aromatic rings. The lowest BCUT2D eigenvalue weighted by Gasteiger charge is -2.04. The molecule has 5 heteroatoms. The second-order valence-electron chi connectivity index (χ2n) is 3.80. The van der Waals surface area contributed by atoms with Gasteiger partial charge in [-0.05, 0) is 29.6 Å². The Kier molecular flexibility index (Phi) is 3.41. The molecule has 3 rings (SSSR count). The van der Waals surface area contributed by atoms with E-state index in [0.717, 1.165) is 16.0 Å². The molecule has 18 heavy (non-hydrogen) atoms. The van der Waals surface area contributed by atoms with Gasteiger partial charge in [-0.2, -0.15) is 0 Å². The quantitative estimate of drug-likeness (QED) is 0.671. The fraction of sp³-hybridized carbons (Fsp3) is 0. The van der Waals surface area contributed by atoms with Crippen molar-refractivity contribution in [2.24, 2.45) is 0 Å². The molecule has 1 aromatic carbocycles. The number of rotatable bonds is 1. The Balaban J connectivity index is 0.00000120. The van der Waals surface area contributed by atoms with E-state index in [1.54, 1.807) is 29.5 Å². The molecule has 0 bridgehead atoms. The Bertz CT molecular complexity index is 734. The van der Waals surface area contributed by atoms with E-state index >= 15 is 0 Å². The molecule has 3 nitrogen and oxygen atoms in total. The van der Waals surface area contributed by atoms with E-state index in [1.165, 1.54) is 0 Å². The topological polar surface area (TPSA) is 58.9 Å². The zero-order valence-corrected chi connectivity index (χ0v) is 11.0. The summed E-state index contributed by atoms with van der Waals surface area (Å²) >= 11 is 1.59. The van der Waals surface area contributed by atoms with Gasteiger partial charge in [0.15, 0.2) is 0 Å². The fourth-order valence-electron chi connectivity index (χ4n) is 1.88. The third kappa shape index (κ3) is 2.00. The van der Waals surface area contributed by atoms with Crippen LogP contribution in [-0.2, 0) is 0 Å². The van der Waals surface area contributed by atoms with Crippen molar-refractivity contribution in [2.75, 3.05) is 5.73 Å². The molecular formula is C13H11ClN2OS. The summed E-state index contributed by atoms with van der Waals surface area (Å²) in [4.78, 5) is 15.9. The maximum atomic E-state index is 11.9. The Morgan fingerprint density at radius 2 is 1.94 bits per heavy atom. The Hall–Kier alpha value is -1.78. The number of anilines is 1. The largest absolute Gasteiger partial charge is 0.398 e. The van der Waals surface area contributed by atoms with Crippen LogP contribution in [0.5, 0.6) is 0 Å². The van der Waals surface area contributed by atoms with Gasteiger partial charge < -0.3 is 10.7 Å². The molecule has 0 aliphatic carbocycles. The van der Waals surface area contributed by atoms with Gasteiger partial charge in [0.25, 0.3) is 5.56 Å². The highest BCUT2D eigenvalue weighted by molar-refractivity contribution is 7.13. The van der Waals surface area contributed by atoms with Crippen LogP contribution in [0.1, 0.15) is 0 Å². The van der Waals surface area contributed by atoms with Gasteiger partial charge in [-0.25, -0.2) is 0 Å². The first-order valence-corrected chi connectivity index (χ1v) is 6.09. The highest BCUT2D eigenvalue weighted by Crippen LogP contribution is 2.26. The van der Waals surface area contributed by atoms with Crippen molar-refractivity contribution in [1.82, 2.24) is 4.98 Å². The lowest BCUT2D eigenvalue weighted by Crippen LogP contribution is -2.07. The van der Waals surface area contributed by atoms with E-state index < -0.39 is 0 Å². The van der Waals surface area contributed by atoms with Crippen molar-refractivity contribution < 1.29 is 0 Å². The van der Waals surface area contributed by atoms with Crippen LogP contribution in [0.2, 0.25) is 0 Å². The summed E-state index contributed by atoms with van der Waals surface area (Å²) in [6, 6.07) is 11.2. The summed E-state index contributed by atoms with van der Waals surface area (Å²) in [6.07, 6.45) is 0. The Morgan fingerprint density at radius 3 is 2.67 bits per heavy atom. The molecule has 0 spiro atoms. The summed E-state index contributed by atoms with van der Waals surface area (Å²) in [5.74, 6) is 0. The zero-order valence-electron chi connectivity index (χ0n) is 9.34. The maximum Gasteiger partial charge on any atom is 0.256 e. The van der Waals surface area contributed by atoms with E-state index in [9.17, 15) is 4.79 Å². The van der Waals surface area contributed by atoms with Gasteiger partial charge in [0, 0.05) is 16.5 Å². The first-order chi connectivity index (χ1) is 8.25. The van der Waals surface area contributed by atoms with E-state index in [1.807, 2.05) is 23.6 Å². The smallest absolute Gasteiger partial charge is 0.256 e. The molecule has 0 unspecified atom stereocenters. The monoisotopic (exact) mass is 278 g/mol. The van der Waals surface area contributed by atoms with Gasteiger partial charge in [-0.15, -0.1) is 23.7 Å². The number of aromatic nitrogens is 1. The molecule has 0 saturated heterocycles. The van der Waals surface area contributed by atoms with Crippen LogP contribution in [0.25, 0.3) is 21.3 Å². The summed E-state index contributed by atoms with van der Waals surface area (Å²) in [6.45, 7) is 0. The fourth-order valence-corrected chi connectivity index (χ4v) is 2.57. The van der Waals surface area contributed by atoms with Crippen molar-refractivity contribution in [1.29, 1.82) is 0 Å². The minimum absolute atomic E-state index is 0. The number of hydrogen-bond donors (Lipinski definition) is 2. The van der Waals surface area contributed by atoms with Gasteiger partial charge in [0.05, 0.1) is 10.6 Å². The van der Waals surface area contributed by atoms with E-state index in [0.29, 0.717) is 11.1 Å². The number of nitrogens with two attached hydrogens (primary N) is 1. The number of fused-ring (bicyclic) bond motifs is 1. The Labute approximate surface area is 114 Å². The number of benzene rings is 1. The number of thiophene rings is 1. The van der Waals surface area contributed by atoms with Crippen molar-refractivity contribution in [3.8, 4) is 10.6 Å². The molecule has 92 valence electrons. The van der Waals surface area contributed by atoms with Crippen molar-refractivity contribution >= 4 is 40.2 Å². The number of aromatic amines is 1. The highest BCUT2D eigenvalue weighted by Gasteiger charge is 2.06. The van der Waals surface area contributed by atoms with Crippen LogP contribution in [0.4, 0.5) is 5.69 Å². The standard InChI is InChI=1S/C13H10N2OS.ClH/c14-10-4-1-3-8-9(10)7-11(15-13(8)16)12-5-2-6-17-12;/h1-7H,14H2,(H,15,16);1H. The molecule has 0 amide bonds. The van der Waals surface area contributed by atoms with Gasteiger partial charge >= 0.3 is 0 Å². The van der Waals surface area contributed by atoms with Gasteiger partial charge in [-0.3, -0.25) is 4.79 Å². The molecule has 0 fully saturated rings. The second kappa shape index (κ2) is 4.84. The van der Waals surface area contributed by atoms with Gasteiger partial charge in [-0.1, -0.05) is 12.1 Å². The number of halogens is 1. The molecule has 0 aliphatic heterocycles. The molecular weight excluding hydrogens is 268 g/mol. The summed E-state index contributed by atoms with van der Waals surface area (Å²) < 4.78 is 0. The zero-order chi connectivity index (χ0) is 11.8. The summed E-state index contributed by atoms with van der Waals surface area (Å²) in [5, 5.41) is 3.41. The van der Waals surface area contributed by atoms with Gasteiger partial charge in [0.1, 0.15) is 0 Å². The molecule has 3 N–H and O–H groups in total. The van der Waals surface area contributed by atoms with Crippen LogP contribution in [-0.4, -0.2) is 4.98 Å². The SMILES string of the molecule is Cl.Nc1cccc2c(=O)[nH]c(-c3cccs3)cc12. The average Bonchev–Trinajstić information content (AvgIpc) is 2.84. The molecule has 2 aromatic heterocycles. The number of pyridine rings is 1. The van der Waals surface area contributed by atoms with Crippen molar-refractivity contribution in [3.63, 3.8) is 0 Å². The predicted molar refractivity (Wildman–Crippen MR) is 79.5 cm³/mol. The van der Waals surface area contributed by atoms with E-state index in [-0.39, 0.29) is 18.0 Å². The van der Waals surface area contributed by atoms with E-state index in [4.69, 9.17) is 5.73 Å². The summed E-state index contributed by atoms with van der Waals surface area (Å²) in [7, 11) is 0. The molecule has 0 saturated carbocycles. The lowest BCUT2D eigenvalue weighted by molar-refractivity contribution is 1.29. The molecule has 0 radical (unpaired) electrons. The third-order valence-corrected chi connectivity index (χ3v) is 3.61. The number of H-pyrrole nitrogens is 1. The second-order valence-corrected chi connectivity index (χ2v) is 4.75. The Morgan fingerprint density at radius 1 is 1.11 bits per heavy atom. The first-order valence-electron chi connectivity index (χ1n) is 5.21. The van der Waals surface area contributed by atoms with Crippen LogP contribution >= 0.6 is 23.7 Å². The van der Waals surface area contributed by atoms with Crippen LogP contribution < -0.4 is 11.3 Å². The maximum absolute atomic E-state index is 11.9. The average molecular weight is 279 g/mol. The lowest BCUT2D eigenvalue weighted by atomic mass is 10.1. The predicted octanol–water partition coefficient (Wildman–Crippen LogP) is 3.26. The van der Waals surface area contributed by atoms with Crippen LogP contribution in [0.15, 0.2) is 46.6 Å². The summed E-state index contributed by atoms with van der Waals surface area (Å²) in [5.41, 5.74) is 7.25. The molecule has 0 aliphatic rings. The van der Waals surface area contributed by atoms with Crippen LogP contribution in [0, 0.1) is 0 Å². The highest BCUT2D eigenvalue weighted by atomic mass is 35.5. The molecule has 2 heterocycles. The van der Waals surface area contributed by atoms with Crippen LogP contribution in [0.3, 0.4) is 0 Å². The van der Waals surface area contributed by atoms with E-state index in [2.05, 4.69) is 4.98 Å². The van der Waals surface area contributed by atoms with Crippen molar-refractivity contribution in [3.05, 3.63) is 52.1 Å². The van der Waals surface area contributed by atoms with Crippen molar-refractivity contribution in [2.45, 2.75) is 0 Å². The number of nitrogen functional groups attached to an aromatic ring is 1. The first kappa shape index (κ1) is 12.7. The normalized spacial score (nSPS) is 10.2.